The summed E-state index contributed by atoms with van der Waals surface area (Å²) in [6, 6.07) is -0.770. The van der Waals surface area contributed by atoms with E-state index in [0.717, 1.165) is 0 Å². The van der Waals surface area contributed by atoms with Crippen molar-refractivity contribution in [2.24, 2.45) is 0 Å². The Labute approximate surface area is 134 Å². The van der Waals surface area contributed by atoms with Crippen LogP contribution in [0.5, 0.6) is 0 Å². The van der Waals surface area contributed by atoms with E-state index in [2.05, 4.69) is 10.6 Å². The molecule has 2 N–H and O–H groups in total. The normalized spacial score (nSPS) is 23.3. The van der Waals surface area contributed by atoms with Crippen molar-refractivity contribution in [2.75, 3.05) is 37.8 Å². The molecule has 2 heterocycles. The maximum Gasteiger partial charge on any atom is 0.315 e. The smallest absolute Gasteiger partial charge is 0.315 e. The summed E-state index contributed by atoms with van der Waals surface area (Å²) in [7, 11) is -3.02. The van der Waals surface area contributed by atoms with Gasteiger partial charge in [-0.2, -0.15) is 0 Å². The Bertz CT molecular complexity index is 560. The largest absolute Gasteiger partial charge is 0.378 e. The van der Waals surface area contributed by atoms with Gasteiger partial charge in [-0.3, -0.25) is 14.5 Å². The van der Waals surface area contributed by atoms with Crippen LogP contribution in [0.15, 0.2) is 0 Å². The van der Waals surface area contributed by atoms with Gasteiger partial charge in [0.05, 0.1) is 31.3 Å². The second-order valence-corrected chi connectivity index (χ2v) is 7.78. The molecule has 2 fully saturated rings. The Hall–Kier alpha value is -1.68. The van der Waals surface area contributed by atoms with E-state index < -0.39 is 15.9 Å². The van der Waals surface area contributed by atoms with Crippen LogP contribution < -0.4 is 10.6 Å². The van der Waals surface area contributed by atoms with Gasteiger partial charge in [0.1, 0.15) is 0 Å². The lowest BCUT2D eigenvalue weighted by atomic mass is 10.3. The molecule has 0 aromatic rings. The monoisotopic (exact) mass is 347 g/mol. The number of sulfone groups is 1. The summed E-state index contributed by atoms with van der Waals surface area (Å²) in [5, 5.41) is 5.16. The van der Waals surface area contributed by atoms with E-state index in [1.54, 1.807) is 0 Å². The van der Waals surface area contributed by atoms with E-state index in [4.69, 9.17) is 4.74 Å². The van der Waals surface area contributed by atoms with Gasteiger partial charge in [0.15, 0.2) is 9.84 Å². The first-order valence-electron chi connectivity index (χ1n) is 7.53. The summed E-state index contributed by atoms with van der Waals surface area (Å²) in [5.41, 5.74) is 0. The molecule has 2 saturated heterocycles. The molecule has 0 aliphatic carbocycles. The predicted molar refractivity (Wildman–Crippen MR) is 80.4 cm³/mol. The van der Waals surface area contributed by atoms with Gasteiger partial charge in [-0.15, -0.1) is 0 Å². The van der Waals surface area contributed by atoms with Crippen LogP contribution in [0, 0.1) is 0 Å². The topological polar surface area (TPSA) is 122 Å². The highest BCUT2D eigenvalue weighted by atomic mass is 32.2. The lowest BCUT2D eigenvalue weighted by Gasteiger charge is -2.14. The van der Waals surface area contributed by atoms with Gasteiger partial charge >= 0.3 is 6.03 Å². The average molecular weight is 347 g/mol. The number of rotatable bonds is 7. The summed E-state index contributed by atoms with van der Waals surface area (Å²) in [6.07, 6.45) is 0.957. The zero-order valence-corrected chi connectivity index (χ0v) is 13.6. The van der Waals surface area contributed by atoms with Crippen molar-refractivity contribution in [1.29, 1.82) is 0 Å². The maximum absolute atomic E-state index is 11.6. The third-order valence-corrected chi connectivity index (χ3v) is 5.48. The van der Waals surface area contributed by atoms with Crippen LogP contribution in [0.25, 0.3) is 0 Å². The summed E-state index contributed by atoms with van der Waals surface area (Å²) in [4.78, 5) is 35.4. The zero-order valence-electron chi connectivity index (χ0n) is 12.7. The van der Waals surface area contributed by atoms with Crippen molar-refractivity contribution in [3.8, 4) is 0 Å². The number of likely N-dealkylation sites (tertiary alicyclic amines) is 1. The molecule has 1 atom stereocenters. The molecule has 1 unspecified atom stereocenters. The highest BCUT2D eigenvalue weighted by Crippen LogP contribution is 2.11. The number of imide groups is 1. The third-order valence-electron chi connectivity index (χ3n) is 3.71. The Morgan fingerprint density at radius 1 is 1.22 bits per heavy atom. The summed E-state index contributed by atoms with van der Waals surface area (Å²) in [6.45, 7) is 0.950. The molecule has 130 valence electrons. The first kappa shape index (κ1) is 17.7. The minimum Gasteiger partial charge on any atom is -0.378 e. The standard InChI is InChI=1S/C13H21N3O6S/c17-11-1-2-12(18)16(11)5-7-22-6-4-14-13(19)15-10-3-8-23(20,21)9-10/h10H,1-9H2,(H2,14,15,19). The minimum atomic E-state index is -3.02. The molecule has 0 saturated carbocycles. The van der Waals surface area contributed by atoms with E-state index in [-0.39, 0.29) is 68.5 Å². The van der Waals surface area contributed by atoms with Crippen LogP contribution in [-0.2, 0) is 24.2 Å². The molecular formula is C13H21N3O6S. The molecule has 10 heteroatoms. The van der Waals surface area contributed by atoms with Crippen LogP contribution in [-0.4, -0.2) is 75.0 Å². The van der Waals surface area contributed by atoms with Crippen molar-refractivity contribution in [3.63, 3.8) is 0 Å². The van der Waals surface area contributed by atoms with Gasteiger partial charge in [-0.25, -0.2) is 13.2 Å². The number of amides is 4. The Balaban J connectivity index is 1.51. The number of hydrogen-bond acceptors (Lipinski definition) is 6. The quantitative estimate of drug-likeness (QED) is 0.433. The van der Waals surface area contributed by atoms with Crippen LogP contribution in [0.4, 0.5) is 4.79 Å². The molecule has 0 bridgehead atoms. The van der Waals surface area contributed by atoms with Gasteiger partial charge in [0, 0.05) is 25.4 Å². The Kier molecular flexibility index (Phi) is 5.94. The molecule has 9 nitrogen and oxygen atoms in total. The lowest BCUT2D eigenvalue weighted by molar-refractivity contribution is -0.139. The first-order chi connectivity index (χ1) is 10.9. The van der Waals surface area contributed by atoms with Gasteiger partial charge in [0.2, 0.25) is 11.8 Å². The van der Waals surface area contributed by atoms with E-state index in [1.807, 2.05) is 0 Å². The van der Waals surface area contributed by atoms with Crippen molar-refractivity contribution in [2.45, 2.75) is 25.3 Å². The SMILES string of the molecule is O=C(NCCOCCN1C(=O)CCC1=O)NC1CCS(=O)(=O)C1. The number of hydrogen-bond donors (Lipinski definition) is 2. The number of nitrogens with one attached hydrogen (secondary N) is 2. The van der Waals surface area contributed by atoms with Gasteiger partial charge in [-0.1, -0.05) is 0 Å². The van der Waals surface area contributed by atoms with Crippen LogP contribution in [0.2, 0.25) is 0 Å². The fourth-order valence-corrected chi connectivity index (χ4v) is 4.19. The van der Waals surface area contributed by atoms with Crippen molar-refractivity contribution in [1.82, 2.24) is 15.5 Å². The molecule has 0 aromatic heterocycles. The summed E-state index contributed by atoms with van der Waals surface area (Å²) < 4.78 is 27.8. The molecule has 2 aliphatic rings. The minimum absolute atomic E-state index is 0.0190. The Morgan fingerprint density at radius 3 is 2.52 bits per heavy atom. The fourth-order valence-electron chi connectivity index (χ4n) is 2.51. The average Bonchev–Trinajstić information content (AvgIpc) is 2.97. The summed E-state index contributed by atoms with van der Waals surface area (Å²) >= 11 is 0. The second-order valence-electron chi connectivity index (χ2n) is 5.55. The van der Waals surface area contributed by atoms with Gasteiger partial charge < -0.3 is 15.4 Å². The van der Waals surface area contributed by atoms with E-state index in [9.17, 15) is 22.8 Å². The van der Waals surface area contributed by atoms with Gasteiger partial charge in [-0.05, 0) is 6.42 Å². The van der Waals surface area contributed by atoms with Crippen LogP contribution in [0.3, 0.4) is 0 Å². The van der Waals surface area contributed by atoms with Crippen molar-refractivity contribution in [3.05, 3.63) is 0 Å². The third kappa shape index (κ3) is 5.47. The first-order valence-corrected chi connectivity index (χ1v) is 9.35. The Morgan fingerprint density at radius 2 is 1.91 bits per heavy atom. The summed E-state index contributed by atoms with van der Waals surface area (Å²) in [5.74, 6) is -0.269. The zero-order chi connectivity index (χ0) is 16.9. The lowest BCUT2D eigenvalue weighted by Crippen LogP contribution is -2.43. The molecule has 0 radical (unpaired) electrons. The maximum atomic E-state index is 11.6. The van der Waals surface area contributed by atoms with Crippen molar-refractivity contribution >= 4 is 27.7 Å². The molecular weight excluding hydrogens is 326 g/mol. The predicted octanol–water partition coefficient (Wildman–Crippen LogP) is -1.36. The van der Waals surface area contributed by atoms with E-state index in [0.29, 0.717) is 6.42 Å². The van der Waals surface area contributed by atoms with Crippen LogP contribution >= 0.6 is 0 Å². The molecule has 0 spiro atoms. The second kappa shape index (κ2) is 7.73. The number of ether oxygens (including phenoxy) is 1. The van der Waals surface area contributed by atoms with E-state index in [1.165, 1.54) is 4.90 Å². The number of carbonyl (C=O) groups is 3. The highest BCUT2D eigenvalue weighted by molar-refractivity contribution is 7.91. The molecule has 23 heavy (non-hydrogen) atoms. The molecule has 2 rings (SSSR count). The number of carbonyl (C=O) groups excluding carboxylic acids is 3. The number of nitrogens with zero attached hydrogens (tertiary/aromatic N) is 1. The van der Waals surface area contributed by atoms with Gasteiger partial charge in [0.25, 0.3) is 0 Å². The number of urea groups is 1. The fraction of sp³-hybridized carbons (Fsp3) is 0.769. The van der Waals surface area contributed by atoms with E-state index >= 15 is 0 Å². The molecule has 2 aliphatic heterocycles. The molecule has 4 amide bonds. The van der Waals surface area contributed by atoms with Crippen LogP contribution in [0.1, 0.15) is 19.3 Å². The van der Waals surface area contributed by atoms with Crippen molar-refractivity contribution < 1.29 is 27.5 Å². The molecule has 0 aromatic carbocycles. The highest BCUT2D eigenvalue weighted by Gasteiger charge is 2.29.